The molecule has 0 aromatic heterocycles. The summed E-state index contributed by atoms with van der Waals surface area (Å²) in [6.45, 7) is 2.95. The monoisotopic (exact) mass is 259 g/mol. The molecule has 0 radical (unpaired) electrons. The minimum atomic E-state index is -0.129. The van der Waals surface area contributed by atoms with Gasteiger partial charge in [0.25, 0.3) is 0 Å². The van der Waals surface area contributed by atoms with Crippen LogP contribution in [0.3, 0.4) is 0 Å². The second-order valence-corrected chi connectivity index (χ2v) is 6.09. The van der Waals surface area contributed by atoms with Gasteiger partial charge < -0.3 is 9.69 Å². The first-order chi connectivity index (χ1) is 9.15. The summed E-state index contributed by atoms with van der Waals surface area (Å²) >= 11 is 0. The topological polar surface area (TPSA) is 20.3 Å². The number of rotatable bonds is 4. The Balaban J connectivity index is 2.08. The summed E-state index contributed by atoms with van der Waals surface area (Å²) in [7, 11) is 2.10. The van der Waals surface area contributed by atoms with Gasteiger partial charge in [0.1, 0.15) is 6.29 Å². The van der Waals surface area contributed by atoms with Crippen molar-refractivity contribution < 1.29 is 4.79 Å². The lowest BCUT2D eigenvalue weighted by Crippen LogP contribution is -2.36. The third-order valence-electron chi connectivity index (χ3n) is 4.38. The highest BCUT2D eigenvalue weighted by Gasteiger charge is 2.31. The Kier molecular flexibility index (Phi) is 4.62. The molecule has 0 aliphatic heterocycles. The van der Waals surface area contributed by atoms with E-state index in [1.807, 2.05) is 0 Å². The van der Waals surface area contributed by atoms with E-state index in [9.17, 15) is 4.79 Å². The van der Waals surface area contributed by atoms with Gasteiger partial charge in [-0.05, 0) is 31.9 Å². The highest BCUT2D eigenvalue weighted by atomic mass is 16.1. The molecule has 19 heavy (non-hydrogen) atoms. The van der Waals surface area contributed by atoms with Crippen molar-refractivity contribution >= 4 is 12.0 Å². The van der Waals surface area contributed by atoms with Gasteiger partial charge in [0.15, 0.2) is 0 Å². The predicted octanol–water partition coefficient (Wildman–Crippen LogP) is 3.97. The Hall–Kier alpha value is -1.31. The molecule has 1 fully saturated rings. The molecule has 0 heterocycles. The van der Waals surface area contributed by atoms with Crippen molar-refractivity contribution in [2.75, 3.05) is 18.5 Å². The molecule has 1 aromatic rings. The predicted molar refractivity (Wildman–Crippen MR) is 80.6 cm³/mol. The van der Waals surface area contributed by atoms with Gasteiger partial charge in [0.2, 0.25) is 0 Å². The van der Waals surface area contributed by atoms with Gasteiger partial charge in [-0.25, -0.2) is 0 Å². The van der Waals surface area contributed by atoms with Gasteiger partial charge in [-0.1, -0.05) is 43.4 Å². The lowest BCUT2D eigenvalue weighted by Gasteiger charge is -2.32. The van der Waals surface area contributed by atoms with E-state index in [0.717, 1.165) is 19.4 Å². The summed E-state index contributed by atoms with van der Waals surface area (Å²) in [6.07, 6.45) is 8.27. The van der Waals surface area contributed by atoms with E-state index >= 15 is 0 Å². The summed E-state index contributed by atoms with van der Waals surface area (Å²) in [6, 6.07) is 8.55. The Morgan fingerprint density at radius 3 is 2.21 bits per heavy atom. The average Bonchev–Trinajstić information content (AvgIpc) is 2.65. The highest BCUT2D eigenvalue weighted by Crippen LogP contribution is 2.34. The summed E-state index contributed by atoms with van der Waals surface area (Å²) in [5.74, 6) is 0. The first kappa shape index (κ1) is 14.1. The largest absolute Gasteiger partial charge is 0.374 e. The molecule has 2 rings (SSSR count). The van der Waals surface area contributed by atoms with E-state index in [4.69, 9.17) is 0 Å². The van der Waals surface area contributed by atoms with E-state index in [1.165, 1.54) is 43.2 Å². The third kappa shape index (κ3) is 3.59. The zero-order chi connectivity index (χ0) is 13.7. The smallest absolute Gasteiger partial charge is 0.127 e. The van der Waals surface area contributed by atoms with Crippen LogP contribution in [0.1, 0.15) is 44.1 Å². The molecule has 0 spiro atoms. The summed E-state index contributed by atoms with van der Waals surface area (Å²) in [5, 5.41) is 0. The first-order valence-electron chi connectivity index (χ1n) is 7.39. The SMILES string of the molecule is Cc1ccc(N(C)CC2(C=O)CCCCCC2)cc1. The lowest BCUT2D eigenvalue weighted by molar-refractivity contribution is -0.116. The van der Waals surface area contributed by atoms with Crippen LogP contribution in [-0.4, -0.2) is 19.9 Å². The Morgan fingerprint density at radius 1 is 1.11 bits per heavy atom. The molecule has 0 atom stereocenters. The van der Waals surface area contributed by atoms with Gasteiger partial charge >= 0.3 is 0 Å². The van der Waals surface area contributed by atoms with Crippen LogP contribution in [0.25, 0.3) is 0 Å². The van der Waals surface area contributed by atoms with Gasteiger partial charge in [0.05, 0.1) is 0 Å². The van der Waals surface area contributed by atoms with Crippen LogP contribution in [0.2, 0.25) is 0 Å². The second-order valence-electron chi connectivity index (χ2n) is 6.09. The van der Waals surface area contributed by atoms with Gasteiger partial charge in [0, 0.05) is 24.7 Å². The zero-order valence-electron chi connectivity index (χ0n) is 12.2. The molecular weight excluding hydrogens is 234 g/mol. The van der Waals surface area contributed by atoms with E-state index in [0.29, 0.717) is 0 Å². The number of hydrogen-bond donors (Lipinski definition) is 0. The van der Waals surface area contributed by atoms with E-state index < -0.39 is 0 Å². The summed E-state index contributed by atoms with van der Waals surface area (Å²) in [5.41, 5.74) is 2.35. The van der Waals surface area contributed by atoms with Crippen LogP contribution >= 0.6 is 0 Å². The fraction of sp³-hybridized carbons (Fsp3) is 0.588. The minimum absolute atomic E-state index is 0.129. The summed E-state index contributed by atoms with van der Waals surface area (Å²) < 4.78 is 0. The van der Waals surface area contributed by atoms with Crippen molar-refractivity contribution in [1.29, 1.82) is 0 Å². The van der Waals surface area contributed by atoms with E-state index in [1.54, 1.807) is 0 Å². The molecule has 0 N–H and O–H groups in total. The van der Waals surface area contributed by atoms with Crippen molar-refractivity contribution in [3.8, 4) is 0 Å². The van der Waals surface area contributed by atoms with Gasteiger partial charge in [-0.2, -0.15) is 0 Å². The highest BCUT2D eigenvalue weighted by molar-refractivity contribution is 5.61. The lowest BCUT2D eigenvalue weighted by atomic mass is 9.81. The minimum Gasteiger partial charge on any atom is -0.374 e. The molecule has 2 heteroatoms. The fourth-order valence-corrected chi connectivity index (χ4v) is 3.11. The fourth-order valence-electron chi connectivity index (χ4n) is 3.11. The van der Waals surface area contributed by atoms with Crippen molar-refractivity contribution in [2.24, 2.45) is 5.41 Å². The quantitative estimate of drug-likeness (QED) is 0.602. The molecule has 0 amide bonds. The van der Waals surface area contributed by atoms with Crippen molar-refractivity contribution in [3.05, 3.63) is 29.8 Å². The second kappa shape index (κ2) is 6.23. The van der Waals surface area contributed by atoms with Crippen LogP contribution in [-0.2, 0) is 4.79 Å². The first-order valence-corrected chi connectivity index (χ1v) is 7.39. The number of nitrogens with zero attached hydrogens (tertiary/aromatic N) is 1. The number of hydrogen-bond acceptors (Lipinski definition) is 2. The molecule has 1 aliphatic carbocycles. The van der Waals surface area contributed by atoms with E-state index in [-0.39, 0.29) is 5.41 Å². The number of carbonyl (C=O) groups excluding carboxylic acids is 1. The summed E-state index contributed by atoms with van der Waals surface area (Å²) in [4.78, 5) is 13.9. The van der Waals surface area contributed by atoms with Crippen LogP contribution in [0.4, 0.5) is 5.69 Å². The van der Waals surface area contributed by atoms with Crippen molar-refractivity contribution in [2.45, 2.75) is 45.4 Å². The Morgan fingerprint density at radius 2 is 1.68 bits per heavy atom. The Bertz CT molecular complexity index is 402. The molecule has 0 bridgehead atoms. The molecule has 104 valence electrons. The molecule has 1 aliphatic rings. The molecule has 1 aromatic carbocycles. The van der Waals surface area contributed by atoms with Gasteiger partial charge in [-0.15, -0.1) is 0 Å². The maximum atomic E-state index is 11.6. The maximum Gasteiger partial charge on any atom is 0.127 e. The number of aldehydes is 1. The standard InChI is InChI=1S/C17H25NO/c1-15-7-9-16(10-8-15)18(2)13-17(14-19)11-5-3-4-6-12-17/h7-10,14H,3-6,11-13H2,1-2H3. The number of benzene rings is 1. The van der Waals surface area contributed by atoms with Crippen LogP contribution in [0.5, 0.6) is 0 Å². The van der Waals surface area contributed by atoms with Crippen LogP contribution < -0.4 is 4.90 Å². The number of carbonyl (C=O) groups is 1. The third-order valence-corrected chi connectivity index (χ3v) is 4.38. The number of aryl methyl sites for hydroxylation is 1. The van der Waals surface area contributed by atoms with Crippen LogP contribution in [0.15, 0.2) is 24.3 Å². The molecule has 0 unspecified atom stereocenters. The van der Waals surface area contributed by atoms with E-state index in [2.05, 4.69) is 43.1 Å². The molecule has 0 saturated heterocycles. The average molecular weight is 259 g/mol. The van der Waals surface area contributed by atoms with Gasteiger partial charge in [-0.3, -0.25) is 0 Å². The Labute approximate surface area is 116 Å². The van der Waals surface area contributed by atoms with Crippen molar-refractivity contribution in [1.82, 2.24) is 0 Å². The molecule has 1 saturated carbocycles. The normalized spacial score (nSPS) is 18.6. The molecular formula is C17H25NO. The van der Waals surface area contributed by atoms with Crippen LogP contribution in [0, 0.1) is 12.3 Å². The maximum absolute atomic E-state index is 11.6. The number of anilines is 1. The molecule has 2 nitrogen and oxygen atoms in total. The van der Waals surface area contributed by atoms with Crippen molar-refractivity contribution in [3.63, 3.8) is 0 Å². The zero-order valence-corrected chi connectivity index (χ0v) is 12.2.